The van der Waals surface area contributed by atoms with Gasteiger partial charge in [0, 0.05) is 18.0 Å². The Morgan fingerprint density at radius 1 is 1.10 bits per heavy atom. The van der Waals surface area contributed by atoms with Crippen LogP contribution in [0, 0.1) is 12.3 Å². The van der Waals surface area contributed by atoms with Crippen LogP contribution in [0.5, 0.6) is 5.75 Å². The zero-order valence-electron chi connectivity index (χ0n) is 18.6. The second-order valence-electron chi connectivity index (χ2n) is 8.85. The number of ether oxygens (including phenoxy) is 1. The van der Waals surface area contributed by atoms with Gasteiger partial charge in [0.15, 0.2) is 0 Å². The summed E-state index contributed by atoms with van der Waals surface area (Å²) in [4.78, 5) is 0.297. The quantitative estimate of drug-likeness (QED) is 0.745. The van der Waals surface area contributed by atoms with Gasteiger partial charge in [-0.25, -0.2) is 8.42 Å². The molecular formula is C24H33NO4S. The van der Waals surface area contributed by atoms with E-state index in [1.165, 1.54) is 0 Å². The number of benzene rings is 2. The summed E-state index contributed by atoms with van der Waals surface area (Å²) < 4.78 is 34.1. The number of nitrogens with zero attached hydrogens (tertiary/aromatic N) is 1. The lowest BCUT2D eigenvalue weighted by molar-refractivity contribution is -0.133. The lowest BCUT2D eigenvalue weighted by atomic mass is 9.63. The van der Waals surface area contributed by atoms with Gasteiger partial charge in [-0.2, -0.15) is 4.31 Å². The molecule has 0 spiro atoms. The molecule has 0 saturated carbocycles. The third kappa shape index (κ3) is 4.01. The third-order valence-corrected chi connectivity index (χ3v) is 8.85. The van der Waals surface area contributed by atoms with Crippen molar-refractivity contribution in [3.63, 3.8) is 0 Å². The van der Waals surface area contributed by atoms with Crippen LogP contribution in [-0.2, 0) is 16.4 Å². The molecule has 2 aromatic rings. The minimum absolute atomic E-state index is 0.296. The van der Waals surface area contributed by atoms with Crippen LogP contribution < -0.4 is 4.74 Å². The first kappa shape index (κ1) is 22.8. The second-order valence-corrected chi connectivity index (χ2v) is 10.7. The van der Waals surface area contributed by atoms with Crippen molar-refractivity contribution in [3.8, 4) is 5.75 Å². The Kier molecular flexibility index (Phi) is 6.33. The molecule has 1 heterocycles. The number of methoxy groups -OCH3 is 1. The molecule has 0 bridgehead atoms. The first-order chi connectivity index (χ1) is 14.0. The highest BCUT2D eigenvalue weighted by atomic mass is 32.2. The van der Waals surface area contributed by atoms with Gasteiger partial charge in [-0.05, 0) is 56.0 Å². The number of piperidine rings is 1. The van der Waals surface area contributed by atoms with Crippen LogP contribution in [0.1, 0.15) is 44.7 Å². The van der Waals surface area contributed by atoms with E-state index in [0.717, 1.165) is 16.9 Å². The molecule has 1 saturated heterocycles. The maximum absolute atomic E-state index is 13.6. The maximum atomic E-state index is 13.6. The molecule has 0 radical (unpaired) electrons. The molecule has 1 fully saturated rings. The van der Waals surface area contributed by atoms with Crippen molar-refractivity contribution >= 4 is 10.0 Å². The molecule has 0 aliphatic carbocycles. The fraction of sp³-hybridized carbons (Fsp3) is 0.500. The number of hydrogen-bond acceptors (Lipinski definition) is 4. The number of hydrogen-bond donors (Lipinski definition) is 1. The lowest BCUT2D eigenvalue weighted by Crippen LogP contribution is -2.64. The fourth-order valence-corrected chi connectivity index (χ4v) is 6.31. The standard InChI is InChI=1S/C24H33NO4S/c1-6-24(26)15-16-25(30(27,28)21-13-7-18(2)8-14-21)22(23(24,3)4)17-19-9-11-20(29-5)12-10-19/h7-14,22,26H,6,15-17H2,1-5H3/t22-,24-/m1/s1. The fourth-order valence-electron chi connectivity index (χ4n) is 4.55. The molecule has 2 aromatic carbocycles. The van der Waals surface area contributed by atoms with E-state index < -0.39 is 21.0 Å². The molecule has 0 amide bonds. The van der Waals surface area contributed by atoms with Gasteiger partial charge in [0.25, 0.3) is 0 Å². The molecule has 0 aromatic heterocycles. The van der Waals surface area contributed by atoms with Gasteiger partial charge in [0.1, 0.15) is 5.75 Å². The highest BCUT2D eigenvalue weighted by Crippen LogP contribution is 2.47. The average molecular weight is 432 g/mol. The van der Waals surface area contributed by atoms with Crippen molar-refractivity contribution in [2.24, 2.45) is 5.41 Å². The van der Waals surface area contributed by atoms with Gasteiger partial charge in [0.05, 0.1) is 17.6 Å². The van der Waals surface area contributed by atoms with E-state index >= 15 is 0 Å². The molecule has 1 N–H and O–H groups in total. The van der Waals surface area contributed by atoms with Crippen molar-refractivity contribution in [1.82, 2.24) is 4.31 Å². The number of sulfonamides is 1. The van der Waals surface area contributed by atoms with Gasteiger partial charge in [-0.15, -0.1) is 0 Å². The molecule has 3 rings (SSSR count). The monoisotopic (exact) mass is 431 g/mol. The van der Waals surface area contributed by atoms with E-state index in [9.17, 15) is 13.5 Å². The molecule has 0 unspecified atom stereocenters. The van der Waals surface area contributed by atoms with E-state index in [1.807, 2.05) is 64.1 Å². The molecule has 164 valence electrons. The smallest absolute Gasteiger partial charge is 0.243 e. The van der Waals surface area contributed by atoms with Crippen molar-refractivity contribution in [2.75, 3.05) is 13.7 Å². The van der Waals surface area contributed by atoms with E-state index in [4.69, 9.17) is 4.74 Å². The predicted octanol–water partition coefficient (Wildman–Crippen LogP) is 4.18. The Morgan fingerprint density at radius 3 is 2.23 bits per heavy atom. The number of aryl methyl sites for hydroxylation is 1. The van der Waals surface area contributed by atoms with Crippen LogP contribution in [0.3, 0.4) is 0 Å². The predicted molar refractivity (Wildman–Crippen MR) is 119 cm³/mol. The Balaban J connectivity index is 2.04. The van der Waals surface area contributed by atoms with E-state index in [-0.39, 0.29) is 6.04 Å². The Morgan fingerprint density at radius 2 is 1.70 bits per heavy atom. The first-order valence-corrected chi connectivity index (χ1v) is 11.9. The highest BCUT2D eigenvalue weighted by Gasteiger charge is 2.55. The SMILES string of the molecule is CC[C@@]1(O)CCN(S(=O)(=O)c2ccc(C)cc2)[C@H](Cc2ccc(OC)cc2)C1(C)C. The second kappa shape index (κ2) is 8.33. The summed E-state index contributed by atoms with van der Waals surface area (Å²) in [6.07, 6.45) is 1.52. The topological polar surface area (TPSA) is 66.8 Å². The molecule has 5 nitrogen and oxygen atoms in total. The number of aliphatic hydroxyl groups is 1. The molecule has 1 aliphatic rings. The highest BCUT2D eigenvalue weighted by molar-refractivity contribution is 7.89. The maximum Gasteiger partial charge on any atom is 0.243 e. The third-order valence-electron chi connectivity index (χ3n) is 6.93. The Bertz CT molecular complexity index is 967. The summed E-state index contributed by atoms with van der Waals surface area (Å²) in [5.41, 5.74) is 0.475. The molecule has 2 atom stereocenters. The van der Waals surface area contributed by atoms with Gasteiger partial charge < -0.3 is 9.84 Å². The summed E-state index contributed by atoms with van der Waals surface area (Å²) >= 11 is 0. The summed E-state index contributed by atoms with van der Waals surface area (Å²) in [6, 6.07) is 14.3. The molecule has 6 heteroatoms. The van der Waals surface area contributed by atoms with Gasteiger partial charge in [-0.1, -0.05) is 50.6 Å². The van der Waals surface area contributed by atoms with Crippen LogP contribution in [0.15, 0.2) is 53.4 Å². The van der Waals surface area contributed by atoms with Gasteiger partial charge in [-0.3, -0.25) is 0 Å². The minimum Gasteiger partial charge on any atom is -0.497 e. The lowest BCUT2D eigenvalue weighted by Gasteiger charge is -2.55. The van der Waals surface area contributed by atoms with Crippen LogP contribution in [0.25, 0.3) is 0 Å². The van der Waals surface area contributed by atoms with Crippen LogP contribution in [0.2, 0.25) is 0 Å². The summed E-state index contributed by atoms with van der Waals surface area (Å²) in [6.45, 7) is 8.18. The van der Waals surface area contributed by atoms with Crippen LogP contribution in [0.4, 0.5) is 0 Å². The normalized spacial score (nSPS) is 24.5. The van der Waals surface area contributed by atoms with Gasteiger partial charge in [0.2, 0.25) is 10.0 Å². The molecule has 1 aliphatic heterocycles. The summed E-state index contributed by atoms with van der Waals surface area (Å²) in [7, 11) is -2.07. The van der Waals surface area contributed by atoms with E-state index in [1.54, 1.807) is 23.5 Å². The molecular weight excluding hydrogens is 398 g/mol. The first-order valence-electron chi connectivity index (χ1n) is 10.5. The zero-order valence-corrected chi connectivity index (χ0v) is 19.4. The van der Waals surface area contributed by atoms with Crippen molar-refractivity contribution in [3.05, 3.63) is 59.7 Å². The van der Waals surface area contributed by atoms with E-state index in [0.29, 0.717) is 30.7 Å². The van der Waals surface area contributed by atoms with Crippen LogP contribution >= 0.6 is 0 Å². The Hall–Kier alpha value is -1.89. The van der Waals surface area contributed by atoms with Crippen molar-refractivity contribution < 1.29 is 18.3 Å². The summed E-state index contributed by atoms with van der Waals surface area (Å²) in [5.74, 6) is 0.760. The van der Waals surface area contributed by atoms with Crippen molar-refractivity contribution in [2.45, 2.75) is 63.5 Å². The van der Waals surface area contributed by atoms with Crippen LogP contribution in [-0.4, -0.2) is 43.1 Å². The number of rotatable bonds is 6. The van der Waals surface area contributed by atoms with Crippen molar-refractivity contribution in [1.29, 1.82) is 0 Å². The largest absolute Gasteiger partial charge is 0.497 e. The Labute approximate surface area is 180 Å². The van der Waals surface area contributed by atoms with E-state index in [2.05, 4.69) is 0 Å². The van der Waals surface area contributed by atoms with Gasteiger partial charge >= 0.3 is 0 Å². The zero-order chi connectivity index (χ0) is 22.2. The summed E-state index contributed by atoms with van der Waals surface area (Å²) in [5, 5.41) is 11.4. The minimum atomic E-state index is -3.69. The molecule has 30 heavy (non-hydrogen) atoms. The average Bonchev–Trinajstić information content (AvgIpc) is 2.72.